The maximum Gasteiger partial charge on any atom is 0.126 e. The van der Waals surface area contributed by atoms with Gasteiger partial charge in [0.05, 0.1) is 12.5 Å². The molecular weight excluding hydrogens is 468 g/mol. The van der Waals surface area contributed by atoms with Crippen LogP contribution < -0.4 is 19.3 Å². The molecule has 0 aliphatic rings. The molecule has 0 atom stereocenters. The van der Waals surface area contributed by atoms with E-state index in [4.69, 9.17) is 9.47 Å². The minimum absolute atomic E-state index is 0.745. The zero-order valence-electron chi connectivity index (χ0n) is 21.0. The molecule has 0 saturated carbocycles. The highest BCUT2D eigenvalue weighted by molar-refractivity contribution is 5.81. The third-order valence-electron chi connectivity index (χ3n) is 6.02. The Labute approximate surface area is 223 Å². The van der Waals surface area contributed by atoms with Crippen molar-refractivity contribution in [2.45, 2.75) is 0 Å². The van der Waals surface area contributed by atoms with Crippen LogP contribution >= 0.6 is 0 Å². The molecule has 0 saturated heterocycles. The predicted molar refractivity (Wildman–Crippen MR) is 157 cm³/mol. The van der Waals surface area contributed by atoms with Gasteiger partial charge in [0.1, 0.15) is 11.5 Å². The van der Waals surface area contributed by atoms with Gasteiger partial charge < -0.3 is 19.3 Å². The second-order valence-electron chi connectivity index (χ2n) is 8.42. The summed E-state index contributed by atoms with van der Waals surface area (Å²) in [5.41, 5.74) is 6.27. The van der Waals surface area contributed by atoms with E-state index in [1.807, 2.05) is 84.9 Å². The summed E-state index contributed by atoms with van der Waals surface area (Å²) in [6.07, 6.45) is 2.86. The van der Waals surface area contributed by atoms with E-state index < -0.39 is 0 Å². The standard InChI is InChI=1S/C34H28N2O2/c1-3-37-33-23-19-31(20-24-33)35(27-11-7-5-8-12-27)29-15-17-30(18-16-29)36(28-13-9-6-10-14-28)32-21-25-34(26-22-32)38-4-2/h3-26H,1-2H2. The van der Waals surface area contributed by atoms with E-state index in [-0.39, 0.29) is 0 Å². The Morgan fingerprint density at radius 3 is 0.921 bits per heavy atom. The molecule has 0 bridgehead atoms. The minimum Gasteiger partial charge on any atom is -0.466 e. The van der Waals surface area contributed by atoms with Gasteiger partial charge in [0.15, 0.2) is 0 Å². The maximum atomic E-state index is 5.43. The summed E-state index contributed by atoms with van der Waals surface area (Å²) >= 11 is 0. The highest BCUT2D eigenvalue weighted by Gasteiger charge is 2.16. The lowest BCUT2D eigenvalue weighted by molar-refractivity contribution is 0.483. The fourth-order valence-corrected chi connectivity index (χ4v) is 4.34. The van der Waals surface area contributed by atoms with Crippen LogP contribution in [0.25, 0.3) is 0 Å². The number of para-hydroxylation sites is 2. The van der Waals surface area contributed by atoms with Gasteiger partial charge in [0, 0.05) is 34.1 Å². The monoisotopic (exact) mass is 496 g/mol. The molecule has 0 aliphatic carbocycles. The molecule has 0 spiro atoms. The van der Waals surface area contributed by atoms with Crippen molar-refractivity contribution >= 4 is 34.1 Å². The molecule has 5 rings (SSSR count). The summed E-state index contributed by atoms with van der Waals surface area (Å²) in [5.74, 6) is 1.49. The first-order valence-electron chi connectivity index (χ1n) is 12.3. The Morgan fingerprint density at radius 1 is 0.368 bits per heavy atom. The van der Waals surface area contributed by atoms with Crippen molar-refractivity contribution in [1.29, 1.82) is 0 Å². The molecule has 38 heavy (non-hydrogen) atoms. The van der Waals surface area contributed by atoms with Crippen LogP contribution in [0.5, 0.6) is 11.5 Å². The molecule has 0 aliphatic heterocycles. The van der Waals surface area contributed by atoms with E-state index in [1.165, 1.54) is 12.5 Å². The first-order chi connectivity index (χ1) is 18.8. The average Bonchev–Trinajstić information content (AvgIpc) is 2.97. The van der Waals surface area contributed by atoms with Crippen LogP contribution in [0.1, 0.15) is 0 Å². The van der Waals surface area contributed by atoms with Gasteiger partial charge in [-0.25, -0.2) is 0 Å². The summed E-state index contributed by atoms with van der Waals surface area (Å²) in [4.78, 5) is 4.44. The molecule has 0 fully saturated rings. The van der Waals surface area contributed by atoms with Crippen LogP contribution in [0, 0.1) is 0 Å². The number of rotatable bonds is 10. The highest BCUT2D eigenvalue weighted by atomic mass is 16.5. The summed E-state index contributed by atoms with van der Waals surface area (Å²) < 4.78 is 10.9. The number of nitrogens with zero attached hydrogens (tertiary/aromatic N) is 2. The zero-order chi connectivity index (χ0) is 26.2. The summed E-state index contributed by atoms with van der Waals surface area (Å²) in [5, 5.41) is 0. The number of ether oxygens (including phenoxy) is 2. The summed E-state index contributed by atoms with van der Waals surface area (Å²) in [6.45, 7) is 7.28. The first-order valence-corrected chi connectivity index (χ1v) is 12.3. The molecule has 0 aromatic heterocycles. The molecule has 186 valence electrons. The largest absolute Gasteiger partial charge is 0.466 e. The third kappa shape index (κ3) is 5.45. The van der Waals surface area contributed by atoms with E-state index >= 15 is 0 Å². The lowest BCUT2D eigenvalue weighted by Crippen LogP contribution is -2.12. The van der Waals surface area contributed by atoms with E-state index in [0.717, 1.165) is 45.6 Å². The Balaban J connectivity index is 1.53. The van der Waals surface area contributed by atoms with Crippen LogP contribution in [-0.4, -0.2) is 0 Å². The van der Waals surface area contributed by atoms with Crippen molar-refractivity contribution in [2.24, 2.45) is 0 Å². The topological polar surface area (TPSA) is 24.9 Å². The minimum atomic E-state index is 0.745. The van der Waals surface area contributed by atoms with E-state index in [0.29, 0.717) is 0 Å². The van der Waals surface area contributed by atoms with Crippen molar-refractivity contribution in [1.82, 2.24) is 0 Å². The third-order valence-corrected chi connectivity index (χ3v) is 6.02. The Hall–Kier alpha value is -5.22. The van der Waals surface area contributed by atoms with E-state index in [9.17, 15) is 0 Å². The summed E-state index contributed by atoms with van der Waals surface area (Å²) in [6, 6.07) is 45.1. The quantitative estimate of drug-likeness (QED) is 0.180. The SMILES string of the molecule is C=COc1ccc(N(c2ccccc2)c2ccc(N(c3ccccc3)c3ccc(OC=C)cc3)cc2)cc1. The van der Waals surface area contributed by atoms with Gasteiger partial charge in [-0.3, -0.25) is 0 Å². The van der Waals surface area contributed by atoms with Crippen LogP contribution in [0.15, 0.2) is 159 Å². The van der Waals surface area contributed by atoms with Crippen molar-refractivity contribution in [3.05, 3.63) is 159 Å². The van der Waals surface area contributed by atoms with E-state index in [1.54, 1.807) is 0 Å². The number of hydrogen-bond donors (Lipinski definition) is 0. The van der Waals surface area contributed by atoms with Crippen molar-refractivity contribution in [2.75, 3.05) is 9.80 Å². The van der Waals surface area contributed by atoms with Gasteiger partial charge >= 0.3 is 0 Å². The van der Waals surface area contributed by atoms with Crippen LogP contribution in [-0.2, 0) is 0 Å². The Bertz CT molecular complexity index is 1350. The van der Waals surface area contributed by atoms with Crippen molar-refractivity contribution in [3.8, 4) is 11.5 Å². The molecule has 0 radical (unpaired) electrons. The van der Waals surface area contributed by atoms with Gasteiger partial charge in [-0.05, 0) is 97.1 Å². The van der Waals surface area contributed by atoms with Crippen LogP contribution in [0.4, 0.5) is 34.1 Å². The lowest BCUT2D eigenvalue weighted by atomic mass is 10.1. The maximum absolute atomic E-state index is 5.43. The second-order valence-corrected chi connectivity index (χ2v) is 8.42. The fraction of sp³-hybridized carbons (Fsp3) is 0. The van der Waals surface area contributed by atoms with Gasteiger partial charge in [0.2, 0.25) is 0 Å². The normalized spacial score (nSPS) is 10.3. The van der Waals surface area contributed by atoms with Gasteiger partial charge in [-0.2, -0.15) is 0 Å². The van der Waals surface area contributed by atoms with Gasteiger partial charge in [0.25, 0.3) is 0 Å². The first kappa shape index (κ1) is 24.5. The van der Waals surface area contributed by atoms with E-state index in [2.05, 4.69) is 71.5 Å². The van der Waals surface area contributed by atoms with Crippen LogP contribution in [0.3, 0.4) is 0 Å². The molecule has 0 unspecified atom stereocenters. The zero-order valence-corrected chi connectivity index (χ0v) is 21.0. The van der Waals surface area contributed by atoms with Crippen LogP contribution in [0.2, 0.25) is 0 Å². The fourth-order valence-electron chi connectivity index (χ4n) is 4.34. The van der Waals surface area contributed by atoms with Crippen molar-refractivity contribution < 1.29 is 9.47 Å². The molecule has 4 nitrogen and oxygen atoms in total. The van der Waals surface area contributed by atoms with Crippen molar-refractivity contribution in [3.63, 3.8) is 0 Å². The number of hydrogen-bond acceptors (Lipinski definition) is 4. The molecule has 0 heterocycles. The highest BCUT2D eigenvalue weighted by Crippen LogP contribution is 2.39. The van der Waals surface area contributed by atoms with Gasteiger partial charge in [-0.1, -0.05) is 49.6 Å². The molecule has 4 heteroatoms. The molecule has 5 aromatic rings. The molecule has 5 aromatic carbocycles. The second kappa shape index (κ2) is 11.7. The lowest BCUT2D eigenvalue weighted by Gasteiger charge is -2.28. The summed E-state index contributed by atoms with van der Waals surface area (Å²) in [7, 11) is 0. The molecule has 0 N–H and O–H groups in total. The smallest absolute Gasteiger partial charge is 0.126 e. The van der Waals surface area contributed by atoms with Gasteiger partial charge in [-0.15, -0.1) is 0 Å². The average molecular weight is 497 g/mol. The molecule has 0 amide bonds. The number of anilines is 6. The number of benzene rings is 5. The predicted octanol–water partition coefficient (Wildman–Crippen LogP) is 9.67. The molecular formula is C34H28N2O2. The Kier molecular flexibility index (Phi) is 7.52. The Morgan fingerprint density at radius 2 is 0.632 bits per heavy atom.